The van der Waals surface area contributed by atoms with Crippen molar-refractivity contribution in [2.24, 2.45) is 0 Å². The van der Waals surface area contributed by atoms with Crippen LogP contribution in [0.2, 0.25) is 0 Å². The van der Waals surface area contributed by atoms with E-state index in [0.717, 1.165) is 10.0 Å². The summed E-state index contributed by atoms with van der Waals surface area (Å²) < 4.78 is 6.43. The summed E-state index contributed by atoms with van der Waals surface area (Å²) in [5.41, 5.74) is 8.00. The summed E-state index contributed by atoms with van der Waals surface area (Å²) in [5.74, 6) is -0.0856. The number of nitrogens with one attached hydrogen (secondary N) is 1. The molecule has 0 aliphatic carbocycles. The van der Waals surface area contributed by atoms with E-state index >= 15 is 0 Å². The van der Waals surface area contributed by atoms with Gasteiger partial charge in [-0.1, -0.05) is 0 Å². The van der Waals surface area contributed by atoms with Gasteiger partial charge >= 0.3 is 0 Å². The van der Waals surface area contributed by atoms with Crippen LogP contribution in [0.1, 0.15) is 16.1 Å². The molecular weight excluding hydrogens is 364 g/mol. The minimum atomic E-state index is -0.329. The summed E-state index contributed by atoms with van der Waals surface area (Å²) in [7, 11) is 0. The maximum absolute atomic E-state index is 11.9. The second-order valence-corrected chi connectivity index (χ2v) is 5.36. The first kappa shape index (κ1) is 13.2. The predicted molar refractivity (Wildman–Crippen MR) is 77.7 cm³/mol. The number of anilines is 2. The zero-order valence-electron chi connectivity index (χ0n) is 9.46. The van der Waals surface area contributed by atoms with Gasteiger partial charge in [-0.2, -0.15) is 0 Å². The minimum Gasteiger partial charge on any atom is -0.459 e. The average molecular weight is 374 g/mol. The lowest BCUT2D eigenvalue weighted by Crippen LogP contribution is -2.12. The Labute approximate surface area is 121 Å². The van der Waals surface area contributed by atoms with Crippen molar-refractivity contribution in [1.82, 2.24) is 0 Å². The molecule has 0 unspecified atom stereocenters. The van der Waals surface area contributed by atoms with Crippen molar-refractivity contribution in [2.45, 2.75) is 6.92 Å². The Hall–Kier alpha value is -1.27. The number of furan rings is 1. The molecule has 0 atom stereocenters. The molecule has 3 N–H and O–H groups in total. The molecule has 0 bridgehead atoms. The molecule has 1 aromatic heterocycles. The van der Waals surface area contributed by atoms with Crippen molar-refractivity contribution >= 4 is 49.1 Å². The molecular formula is C12H10Br2N2O2. The van der Waals surface area contributed by atoms with Crippen LogP contribution in [0, 0.1) is 6.92 Å². The second-order valence-electron chi connectivity index (χ2n) is 3.71. The van der Waals surface area contributed by atoms with Crippen LogP contribution in [-0.2, 0) is 0 Å². The van der Waals surface area contributed by atoms with Gasteiger partial charge in [-0.15, -0.1) is 0 Å². The molecule has 0 spiro atoms. The highest BCUT2D eigenvalue weighted by Crippen LogP contribution is 2.37. The predicted octanol–water partition coefficient (Wildman–Crippen LogP) is 3.95. The highest BCUT2D eigenvalue weighted by atomic mass is 79.9. The van der Waals surface area contributed by atoms with Crippen molar-refractivity contribution in [1.29, 1.82) is 0 Å². The van der Waals surface area contributed by atoms with Gasteiger partial charge in [0.2, 0.25) is 0 Å². The number of hydrogen-bond donors (Lipinski definition) is 2. The zero-order valence-corrected chi connectivity index (χ0v) is 12.6. The molecule has 0 aliphatic heterocycles. The molecule has 18 heavy (non-hydrogen) atoms. The molecule has 2 rings (SSSR count). The Bertz CT molecular complexity index is 595. The lowest BCUT2D eigenvalue weighted by Gasteiger charge is -2.12. The normalized spacial score (nSPS) is 10.4. The third-order valence-corrected chi connectivity index (χ3v) is 3.90. The lowest BCUT2D eigenvalue weighted by atomic mass is 10.2. The van der Waals surface area contributed by atoms with Crippen molar-refractivity contribution in [2.75, 3.05) is 11.1 Å². The van der Waals surface area contributed by atoms with Crippen LogP contribution in [0.25, 0.3) is 0 Å². The number of nitrogen functional groups attached to an aromatic ring is 1. The Morgan fingerprint density at radius 1 is 1.44 bits per heavy atom. The molecule has 0 fully saturated rings. The number of aryl methyl sites for hydroxylation is 1. The van der Waals surface area contributed by atoms with E-state index in [4.69, 9.17) is 10.2 Å². The summed E-state index contributed by atoms with van der Waals surface area (Å²) in [6, 6.07) is 5.09. The maximum Gasteiger partial charge on any atom is 0.291 e. The van der Waals surface area contributed by atoms with Gasteiger partial charge in [-0.25, -0.2) is 0 Å². The van der Waals surface area contributed by atoms with Crippen molar-refractivity contribution in [3.05, 3.63) is 44.7 Å². The lowest BCUT2D eigenvalue weighted by molar-refractivity contribution is 0.0996. The first-order valence-electron chi connectivity index (χ1n) is 5.09. The van der Waals surface area contributed by atoms with Crippen LogP contribution in [0.15, 0.2) is 37.8 Å². The van der Waals surface area contributed by atoms with E-state index < -0.39 is 0 Å². The van der Waals surface area contributed by atoms with Gasteiger partial charge in [0.1, 0.15) is 0 Å². The monoisotopic (exact) mass is 372 g/mol. The smallest absolute Gasteiger partial charge is 0.291 e. The van der Waals surface area contributed by atoms with Crippen molar-refractivity contribution in [3.63, 3.8) is 0 Å². The van der Waals surface area contributed by atoms with Gasteiger partial charge < -0.3 is 15.5 Å². The fourth-order valence-corrected chi connectivity index (χ4v) is 2.98. The van der Waals surface area contributed by atoms with Gasteiger partial charge in [0.15, 0.2) is 5.76 Å². The Morgan fingerprint density at radius 2 is 2.17 bits per heavy atom. The number of carbonyl (C=O) groups is 1. The number of carbonyl (C=O) groups excluding carboxylic acids is 1. The van der Waals surface area contributed by atoms with Crippen molar-refractivity contribution in [3.8, 4) is 0 Å². The van der Waals surface area contributed by atoms with Gasteiger partial charge in [0, 0.05) is 4.47 Å². The third kappa shape index (κ3) is 2.44. The Balaban J connectivity index is 2.35. The third-order valence-electron chi connectivity index (χ3n) is 2.45. The van der Waals surface area contributed by atoms with Gasteiger partial charge in [-0.3, -0.25) is 4.79 Å². The summed E-state index contributed by atoms with van der Waals surface area (Å²) in [6.45, 7) is 1.89. The summed E-state index contributed by atoms with van der Waals surface area (Å²) >= 11 is 6.77. The van der Waals surface area contributed by atoms with Gasteiger partial charge in [-0.05, 0) is 62.5 Å². The zero-order chi connectivity index (χ0) is 13.3. The van der Waals surface area contributed by atoms with E-state index in [2.05, 4.69) is 37.2 Å². The van der Waals surface area contributed by atoms with Crippen LogP contribution in [0.3, 0.4) is 0 Å². The van der Waals surface area contributed by atoms with Crippen molar-refractivity contribution < 1.29 is 9.21 Å². The Kier molecular flexibility index (Phi) is 3.77. The largest absolute Gasteiger partial charge is 0.459 e. The molecule has 94 valence electrons. The average Bonchev–Trinajstić information content (AvgIpc) is 2.85. The van der Waals surface area contributed by atoms with Crippen LogP contribution >= 0.6 is 31.9 Å². The van der Waals surface area contributed by atoms with Crippen LogP contribution < -0.4 is 11.1 Å². The fraction of sp³-hybridized carbons (Fsp3) is 0.0833. The molecule has 6 heteroatoms. The standard InChI is InChI=1S/C12H10Br2N2O2/c1-6-5-7(13)11(9(14)10(6)15)16-12(17)8-3-2-4-18-8/h2-5H,15H2,1H3,(H,16,17). The maximum atomic E-state index is 11.9. The fourth-order valence-electron chi connectivity index (χ4n) is 1.45. The van der Waals surface area contributed by atoms with Crippen LogP contribution in [-0.4, -0.2) is 5.91 Å². The van der Waals surface area contributed by atoms with E-state index in [-0.39, 0.29) is 11.7 Å². The molecule has 0 radical (unpaired) electrons. The second kappa shape index (κ2) is 5.16. The molecule has 0 aliphatic rings. The number of nitrogens with two attached hydrogens (primary N) is 1. The molecule has 1 heterocycles. The van der Waals surface area contributed by atoms with Crippen LogP contribution in [0.4, 0.5) is 11.4 Å². The van der Waals surface area contributed by atoms with Gasteiger partial charge in [0.05, 0.1) is 22.1 Å². The molecule has 2 aromatic rings. The van der Waals surface area contributed by atoms with E-state index in [0.29, 0.717) is 15.8 Å². The summed E-state index contributed by atoms with van der Waals surface area (Å²) in [6.07, 6.45) is 1.45. The number of hydrogen-bond acceptors (Lipinski definition) is 3. The highest BCUT2D eigenvalue weighted by molar-refractivity contribution is 9.11. The van der Waals surface area contributed by atoms with E-state index in [1.807, 2.05) is 13.0 Å². The summed E-state index contributed by atoms with van der Waals surface area (Å²) in [5, 5.41) is 2.74. The molecule has 1 amide bonds. The number of amides is 1. The molecule has 1 aromatic carbocycles. The topological polar surface area (TPSA) is 68.3 Å². The van der Waals surface area contributed by atoms with Gasteiger partial charge in [0.25, 0.3) is 5.91 Å². The van der Waals surface area contributed by atoms with E-state index in [1.54, 1.807) is 12.1 Å². The van der Waals surface area contributed by atoms with Crippen LogP contribution in [0.5, 0.6) is 0 Å². The first-order chi connectivity index (χ1) is 8.50. The summed E-state index contributed by atoms with van der Waals surface area (Å²) in [4.78, 5) is 11.9. The molecule has 4 nitrogen and oxygen atoms in total. The number of halogens is 2. The Morgan fingerprint density at radius 3 is 2.78 bits per heavy atom. The number of rotatable bonds is 2. The number of benzene rings is 1. The highest BCUT2D eigenvalue weighted by Gasteiger charge is 2.16. The molecule has 0 saturated heterocycles. The van der Waals surface area contributed by atoms with E-state index in [9.17, 15) is 4.79 Å². The first-order valence-corrected chi connectivity index (χ1v) is 6.68. The minimum absolute atomic E-state index is 0.243. The SMILES string of the molecule is Cc1cc(Br)c(NC(=O)c2ccco2)c(Br)c1N. The quantitative estimate of drug-likeness (QED) is 0.783. The molecule has 0 saturated carbocycles. The van der Waals surface area contributed by atoms with E-state index in [1.165, 1.54) is 6.26 Å².